The Morgan fingerprint density at radius 2 is 2.00 bits per heavy atom. The van der Waals surface area contributed by atoms with Crippen LogP contribution >= 0.6 is 15.9 Å². The van der Waals surface area contributed by atoms with Crippen LogP contribution in [0.3, 0.4) is 0 Å². The first kappa shape index (κ1) is 17.5. The van der Waals surface area contributed by atoms with Gasteiger partial charge in [0.05, 0.1) is 12.0 Å². The lowest BCUT2D eigenvalue weighted by Crippen LogP contribution is -2.53. The number of amides is 1. The van der Waals surface area contributed by atoms with Crippen LogP contribution in [0.15, 0.2) is 16.6 Å². The highest BCUT2D eigenvalue weighted by atomic mass is 79.9. The van der Waals surface area contributed by atoms with Gasteiger partial charge in [0.1, 0.15) is 13.2 Å². The Kier molecular flexibility index (Phi) is 5.06. The van der Waals surface area contributed by atoms with Gasteiger partial charge >= 0.3 is 0 Å². The Bertz CT molecular complexity index is 633. The summed E-state index contributed by atoms with van der Waals surface area (Å²) in [5.74, 6) is 1.36. The minimum Gasteiger partial charge on any atom is -0.486 e. The lowest BCUT2D eigenvalue weighted by Gasteiger charge is -2.37. The predicted molar refractivity (Wildman–Crippen MR) is 96.2 cm³/mol. The summed E-state index contributed by atoms with van der Waals surface area (Å²) in [5.41, 5.74) is 6.90. The van der Waals surface area contributed by atoms with Crippen molar-refractivity contribution < 1.29 is 14.3 Å². The van der Waals surface area contributed by atoms with E-state index >= 15 is 0 Å². The van der Waals surface area contributed by atoms with Gasteiger partial charge in [-0.15, -0.1) is 0 Å². The van der Waals surface area contributed by atoms with E-state index in [1.165, 1.54) is 0 Å². The molecule has 5 nitrogen and oxygen atoms in total. The van der Waals surface area contributed by atoms with E-state index in [2.05, 4.69) is 21.2 Å². The minimum absolute atomic E-state index is 0.0361. The first-order chi connectivity index (χ1) is 11.4. The van der Waals surface area contributed by atoms with E-state index < -0.39 is 5.54 Å². The Hall–Kier alpha value is -1.27. The van der Waals surface area contributed by atoms with Crippen LogP contribution in [0.4, 0.5) is 0 Å². The highest BCUT2D eigenvalue weighted by Gasteiger charge is 2.38. The van der Waals surface area contributed by atoms with E-state index in [1.54, 1.807) is 0 Å². The van der Waals surface area contributed by atoms with Gasteiger partial charge in [0.2, 0.25) is 5.91 Å². The molecule has 1 aliphatic carbocycles. The molecule has 24 heavy (non-hydrogen) atoms. The molecule has 1 aromatic rings. The SMILES string of the molecule is CC(NC(=O)C1CCCCC1(C)N)c1cc2c(cc1Br)OCCO2. The van der Waals surface area contributed by atoms with Crippen LogP contribution in [-0.2, 0) is 4.79 Å². The van der Waals surface area contributed by atoms with Crippen molar-refractivity contribution in [2.45, 2.75) is 51.1 Å². The van der Waals surface area contributed by atoms with Crippen molar-refractivity contribution >= 4 is 21.8 Å². The summed E-state index contributed by atoms with van der Waals surface area (Å²) in [6, 6.07) is 3.70. The molecule has 3 atom stereocenters. The number of hydrogen-bond acceptors (Lipinski definition) is 4. The van der Waals surface area contributed by atoms with Crippen LogP contribution in [-0.4, -0.2) is 24.7 Å². The maximum absolute atomic E-state index is 12.7. The normalized spacial score (nSPS) is 27.4. The van der Waals surface area contributed by atoms with Gasteiger partial charge in [-0.3, -0.25) is 4.79 Å². The van der Waals surface area contributed by atoms with Crippen molar-refractivity contribution in [1.82, 2.24) is 5.32 Å². The van der Waals surface area contributed by atoms with Crippen molar-refractivity contribution in [1.29, 1.82) is 0 Å². The van der Waals surface area contributed by atoms with E-state index in [1.807, 2.05) is 26.0 Å². The number of rotatable bonds is 3. The third kappa shape index (κ3) is 3.54. The monoisotopic (exact) mass is 396 g/mol. The molecule has 2 aliphatic rings. The molecule has 1 aliphatic heterocycles. The third-order valence-corrected chi connectivity index (χ3v) is 5.74. The Balaban J connectivity index is 1.75. The first-order valence-electron chi connectivity index (χ1n) is 8.57. The number of nitrogens with two attached hydrogens (primary N) is 1. The fourth-order valence-electron chi connectivity index (χ4n) is 3.59. The molecule has 1 amide bonds. The number of carbonyl (C=O) groups excluding carboxylic acids is 1. The van der Waals surface area contributed by atoms with Gasteiger partial charge in [0.25, 0.3) is 0 Å². The summed E-state index contributed by atoms with van der Waals surface area (Å²) in [6.45, 7) is 5.07. The number of hydrogen-bond donors (Lipinski definition) is 2. The topological polar surface area (TPSA) is 73.6 Å². The van der Waals surface area contributed by atoms with Crippen molar-refractivity contribution in [3.63, 3.8) is 0 Å². The molecule has 3 rings (SSSR count). The number of halogens is 1. The second-order valence-electron chi connectivity index (χ2n) is 7.05. The third-order valence-electron chi connectivity index (χ3n) is 5.06. The number of benzene rings is 1. The van der Waals surface area contributed by atoms with Crippen LogP contribution in [0.1, 0.15) is 51.1 Å². The van der Waals surface area contributed by atoms with Crippen LogP contribution in [0.2, 0.25) is 0 Å². The summed E-state index contributed by atoms with van der Waals surface area (Å²) in [5, 5.41) is 3.12. The molecule has 3 unspecified atom stereocenters. The molecule has 1 saturated carbocycles. The predicted octanol–water partition coefficient (Wildman–Crippen LogP) is 3.31. The second-order valence-corrected chi connectivity index (χ2v) is 7.91. The van der Waals surface area contributed by atoms with Crippen molar-refractivity contribution in [2.24, 2.45) is 11.7 Å². The number of nitrogens with one attached hydrogen (secondary N) is 1. The molecular weight excluding hydrogens is 372 g/mol. The Morgan fingerprint density at radius 3 is 2.67 bits per heavy atom. The molecule has 1 aromatic carbocycles. The van der Waals surface area contributed by atoms with Crippen LogP contribution in [0, 0.1) is 5.92 Å². The van der Waals surface area contributed by atoms with E-state index in [9.17, 15) is 4.79 Å². The number of carbonyl (C=O) groups is 1. The molecule has 0 radical (unpaired) electrons. The molecule has 0 aromatic heterocycles. The Morgan fingerprint density at radius 1 is 1.33 bits per heavy atom. The molecule has 1 heterocycles. The maximum atomic E-state index is 12.7. The van der Waals surface area contributed by atoms with Crippen LogP contribution in [0.5, 0.6) is 11.5 Å². The minimum atomic E-state index is -0.425. The molecule has 0 bridgehead atoms. The van der Waals surface area contributed by atoms with Crippen molar-refractivity contribution in [3.05, 3.63) is 22.2 Å². The zero-order valence-corrected chi connectivity index (χ0v) is 15.8. The lowest BCUT2D eigenvalue weighted by atomic mass is 9.74. The molecule has 6 heteroatoms. The highest BCUT2D eigenvalue weighted by Crippen LogP contribution is 2.38. The summed E-state index contributed by atoms with van der Waals surface area (Å²) < 4.78 is 12.1. The maximum Gasteiger partial charge on any atom is 0.225 e. The average molecular weight is 397 g/mol. The largest absolute Gasteiger partial charge is 0.486 e. The smallest absolute Gasteiger partial charge is 0.225 e. The van der Waals surface area contributed by atoms with E-state index in [4.69, 9.17) is 15.2 Å². The van der Waals surface area contributed by atoms with Gasteiger partial charge in [-0.2, -0.15) is 0 Å². The number of fused-ring (bicyclic) bond motifs is 1. The quantitative estimate of drug-likeness (QED) is 0.821. The van der Waals surface area contributed by atoms with Gasteiger partial charge in [-0.1, -0.05) is 28.8 Å². The van der Waals surface area contributed by atoms with Gasteiger partial charge in [-0.25, -0.2) is 0 Å². The summed E-state index contributed by atoms with van der Waals surface area (Å²) in [7, 11) is 0. The first-order valence-corrected chi connectivity index (χ1v) is 9.36. The molecule has 132 valence electrons. The van der Waals surface area contributed by atoms with Gasteiger partial charge in [0.15, 0.2) is 11.5 Å². The van der Waals surface area contributed by atoms with Crippen LogP contribution < -0.4 is 20.5 Å². The fraction of sp³-hybridized carbons (Fsp3) is 0.611. The summed E-state index contributed by atoms with van der Waals surface area (Å²) in [4.78, 5) is 12.7. The van der Waals surface area contributed by atoms with Gasteiger partial charge in [0, 0.05) is 10.0 Å². The van der Waals surface area contributed by atoms with Crippen molar-refractivity contribution in [2.75, 3.05) is 13.2 Å². The van der Waals surface area contributed by atoms with E-state index in [-0.39, 0.29) is 17.9 Å². The highest BCUT2D eigenvalue weighted by molar-refractivity contribution is 9.10. The van der Waals surface area contributed by atoms with Gasteiger partial charge in [-0.05, 0) is 44.4 Å². The fourth-order valence-corrected chi connectivity index (χ4v) is 4.26. The van der Waals surface area contributed by atoms with Crippen LogP contribution in [0.25, 0.3) is 0 Å². The molecule has 0 saturated heterocycles. The standard InChI is InChI=1S/C18H25BrN2O3/c1-11(21-17(22)13-5-3-4-6-18(13,2)20)12-9-15-16(10-14(12)19)24-8-7-23-15/h9-11,13H,3-8,20H2,1-2H3,(H,21,22). The summed E-state index contributed by atoms with van der Waals surface area (Å²) >= 11 is 3.57. The molecule has 3 N–H and O–H groups in total. The summed E-state index contributed by atoms with van der Waals surface area (Å²) in [6.07, 6.45) is 3.91. The molecule has 1 fully saturated rings. The van der Waals surface area contributed by atoms with Gasteiger partial charge < -0.3 is 20.5 Å². The number of ether oxygens (including phenoxy) is 2. The zero-order chi connectivity index (χ0) is 17.3. The molecular formula is C18H25BrN2O3. The van der Waals surface area contributed by atoms with E-state index in [0.717, 1.165) is 47.2 Å². The average Bonchev–Trinajstić information content (AvgIpc) is 2.53. The second kappa shape index (κ2) is 6.92. The van der Waals surface area contributed by atoms with E-state index in [0.29, 0.717) is 13.2 Å². The molecule has 0 spiro atoms. The van der Waals surface area contributed by atoms with Crippen molar-refractivity contribution in [3.8, 4) is 11.5 Å². The lowest BCUT2D eigenvalue weighted by molar-refractivity contribution is -0.128. The Labute approximate surface area is 151 Å². The zero-order valence-electron chi connectivity index (χ0n) is 14.2.